The van der Waals surface area contributed by atoms with Crippen molar-refractivity contribution < 1.29 is 10.0 Å². The minimum atomic E-state index is 0.125. The standard InChI is InChI=1S/C20H21N3O/c24-20-17(7-6-15-5-4-10-22-18(15)20)19(16-8-11-21-12-9-16)23-13-2-1-3-14-23/h4-12,19,24H,1-3,13-14H2/p+1. The number of phenolic OH excluding ortho intramolecular Hbond substituents is 1. The molecule has 0 spiro atoms. The molecule has 4 heteroatoms. The molecule has 3 aromatic rings. The van der Waals surface area contributed by atoms with Gasteiger partial charge in [0.15, 0.2) is 5.75 Å². The first-order valence-corrected chi connectivity index (χ1v) is 8.65. The molecule has 4 nitrogen and oxygen atoms in total. The van der Waals surface area contributed by atoms with Crippen LogP contribution in [-0.4, -0.2) is 28.2 Å². The van der Waals surface area contributed by atoms with Gasteiger partial charge >= 0.3 is 0 Å². The zero-order valence-corrected chi connectivity index (χ0v) is 13.7. The van der Waals surface area contributed by atoms with Gasteiger partial charge in [0.05, 0.1) is 18.7 Å². The number of likely N-dealkylation sites (tertiary alicyclic amines) is 1. The van der Waals surface area contributed by atoms with Gasteiger partial charge in [0.1, 0.15) is 11.6 Å². The van der Waals surface area contributed by atoms with E-state index in [4.69, 9.17) is 0 Å². The Balaban J connectivity index is 1.85. The smallest absolute Gasteiger partial charge is 0.151 e. The van der Waals surface area contributed by atoms with Gasteiger partial charge < -0.3 is 10.0 Å². The zero-order chi connectivity index (χ0) is 16.4. The molecule has 1 aromatic carbocycles. The Morgan fingerprint density at radius 1 is 0.917 bits per heavy atom. The second-order valence-corrected chi connectivity index (χ2v) is 6.51. The molecule has 0 aliphatic carbocycles. The number of nitrogens with one attached hydrogen (secondary N) is 1. The monoisotopic (exact) mass is 320 g/mol. The summed E-state index contributed by atoms with van der Waals surface area (Å²) in [5.41, 5.74) is 2.85. The van der Waals surface area contributed by atoms with E-state index >= 15 is 0 Å². The van der Waals surface area contributed by atoms with Crippen molar-refractivity contribution in [1.29, 1.82) is 0 Å². The maximum absolute atomic E-state index is 10.9. The molecule has 0 bridgehead atoms. The fourth-order valence-electron chi connectivity index (χ4n) is 3.86. The number of quaternary nitrogens is 1. The highest BCUT2D eigenvalue weighted by molar-refractivity contribution is 5.85. The maximum Gasteiger partial charge on any atom is 0.151 e. The number of fused-ring (bicyclic) bond motifs is 1. The van der Waals surface area contributed by atoms with Crippen molar-refractivity contribution in [1.82, 2.24) is 9.97 Å². The van der Waals surface area contributed by atoms with Crippen molar-refractivity contribution in [3.63, 3.8) is 0 Å². The lowest BCUT2D eigenvalue weighted by Crippen LogP contribution is -3.13. The number of piperidine rings is 1. The number of phenols is 1. The van der Waals surface area contributed by atoms with Crippen LogP contribution in [0.4, 0.5) is 0 Å². The van der Waals surface area contributed by atoms with Crippen LogP contribution >= 0.6 is 0 Å². The SMILES string of the molecule is Oc1c(C(c2ccncc2)[NH+]2CCCCC2)ccc2cccnc12. The van der Waals surface area contributed by atoms with E-state index in [0.717, 1.165) is 24.0 Å². The minimum absolute atomic E-state index is 0.125. The van der Waals surface area contributed by atoms with Crippen LogP contribution in [0.2, 0.25) is 0 Å². The van der Waals surface area contributed by atoms with E-state index in [1.807, 2.05) is 24.5 Å². The molecule has 1 unspecified atom stereocenters. The summed E-state index contributed by atoms with van der Waals surface area (Å²) in [6.45, 7) is 2.26. The van der Waals surface area contributed by atoms with Gasteiger partial charge in [0, 0.05) is 29.5 Å². The molecule has 1 saturated heterocycles. The van der Waals surface area contributed by atoms with Gasteiger partial charge in [-0.15, -0.1) is 0 Å². The summed E-state index contributed by atoms with van der Waals surface area (Å²) in [4.78, 5) is 10.1. The van der Waals surface area contributed by atoms with Crippen LogP contribution in [0.3, 0.4) is 0 Å². The van der Waals surface area contributed by atoms with Gasteiger partial charge in [-0.2, -0.15) is 0 Å². The van der Waals surface area contributed by atoms with E-state index in [1.54, 1.807) is 6.20 Å². The third kappa shape index (κ3) is 2.74. The summed E-state index contributed by atoms with van der Waals surface area (Å²) in [5.74, 6) is 0.313. The lowest BCUT2D eigenvalue weighted by atomic mass is 9.94. The number of aromatic nitrogens is 2. The Hall–Kier alpha value is -2.46. The number of aromatic hydroxyl groups is 1. The van der Waals surface area contributed by atoms with Crippen LogP contribution in [0.1, 0.15) is 36.4 Å². The van der Waals surface area contributed by atoms with Crippen molar-refractivity contribution in [2.45, 2.75) is 25.3 Å². The molecule has 1 aliphatic rings. The minimum Gasteiger partial charge on any atom is -0.505 e. The van der Waals surface area contributed by atoms with Gasteiger partial charge in [0.2, 0.25) is 0 Å². The molecule has 4 rings (SSSR count). The van der Waals surface area contributed by atoms with Crippen molar-refractivity contribution >= 4 is 10.9 Å². The number of pyridine rings is 2. The van der Waals surface area contributed by atoms with Crippen LogP contribution in [0, 0.1) is 0 Å². The van der Waals surface area contributed by atoms with Gasteiger partial charge in [-0.3, -0.25) is 9.97 Å². The average Bonchev–Trinajstić information content (AvgIpc) is 2.66. The molecule has 0 radical (unpaired) electrons. The molecule has 3 heterocycles. The topological polar surface area (TPSA) is 50.5 Å². The van der Waals surface area contributed by atoms with Crippen molar-refractivity contribution in [3.05, 3.63) is 66.1 Å². The Morgan fingerprint density at radius 3 is 2.50 bits per heavy atom. The zero-order valence-electron chi connectivity index (χ0n) is 13.7. The Labute approximate surface area is 141 Å². The average molecular weight is 320 g/mol. The molecule has 0 saturated carbocycles. The number of hydrogen-bond donors (Lipinski definition) is 2. The first-order valence-electron chi connectivity index (χ1n) is 8.65. The fourth-order valence-corrected chi connectivity index (χ4v) is 3.86. The highest BCUT2D eigenvalue weighted by atomic mass is 16.3. The van der Waals surface area contributed by atoms with E-state index in [9.17, 15) is 5.11 Å². The molecule has 2 N–H and O–H groups in total. The second kappa shape index (κ2) is 6.57. The normalized spacial score (nSPS) is 17.0. The highest BCUT2D eigenvalue weighted by Crippen LogP contribution is 2.33. The van der Waals surface area contributed by atoms with E-state index < -0.39 is 0 Å². The fraction of sp³-hybridized carbons (Fsp3) is 0.300. The quantitative estimate of drug-likeness (QED) is 0.779. The molecule has 24 heavy (non-hydrogen) atoms. The third-order valence-corrected chi connectivity index (χ3v) is 5.03. The Morgan fingerprint density at radius 2 is 1.71 bits per heavy atom. The van der Waals surface area contributed by atoms with E-state index in [2.05, 4.69) is 34.2 Å². The second-order valence-electron chi connectivity index (χ2n) is 6.51. The van der Waals surface area contributed by atoms with Crippen molar-refractivity contribution in [2.24, 2.45) is 0 Å². The Kier molecular flexibility index (Phi) is 4.13. The summed E-state index contributed by atoms with van der Waals surface area (Å²) in [5, 5.41) is 11.9. The van der Waals surface area contributed by atoms with Crippen molar-refractivity contribution in [2.75, 3.05) is 13.1 Å². The van der Waals surface area contributed by atoms with Crippen molar-refractivity contribution in [3.8, 4) is 5.75 Å². The van der Waals surface area contributed by atoms with E-state index in [0.29, 0.717) is 11.3 Å². The van der Waals surface area contributed by atoms with Gasteiger partial charge in [-0.25, -0.2) is 0 Å². The summed E-state index contributed by atoms with van der Waals surface area (Å²) in [6, 6.07) is 12.3. The highest BCUT2D eigenvalue weighted by Gasteiger charge is 2.30. The van der Waals surface area contributed by atoms with Gasteiger partial charge in [-0.05, 0) is 43.5 Å². The molecule has 1 atom stereocenters. The molecule has 2 aromatic heterocycles. The van der Waals surface area contributed by atoms with Crippen LogP contribution in [0.15, 0.2) is 55.0 Å². The largest absolute Gasteiger partial charge is 0.505 e. The molecule has 1 aliphatic heterocycles. The number of rotatable bonds is 3. The lowest BCUT2D eigenvalue weighted by molar-refractivity contribution is -0.930. The summed E-state index contributed by atoms with van der Waals surface area (Å²) in [6.07, 6.45) is 9.19. The third-order valence-electron chi connectivity index (χ3n) is 5.03. The number of nitrogens with zero attached hydrogens (tertiary/aromatic N) is 2. The van der Waals surface area contributed by atoms with Gasteiger partial charge in [0.25, 0.3) is 0 Å². The van der Waals surface area contributed by atoms with Crippen LogP contribution in [0.25, 0.3) is 10.9 Å². The first-order chi connectivity index (χ1) is 11.8. The van der Waals surface area contributed by atoms with E-state index in [-0.39, 0.29) is 6.04 Å². The molecule has 122 valence electrons. The predicted octanol–water partition coefficient (Wildman–Crippen LogP) is 2.49. The van der Waals surface area contributed by atoms with Crippen LogP contribution < -0.4 is 4.90 Å². The summed E-state index contributed by atoms with van der Waals surface area (Å²) >= 11 is 0. The molecular weight excluding hydrogens is 298 g/mol. The van der Waals surface area contributed by atoms with Crippen LogP contribution in [0.5, 0.6) is 5.75 Å². The maximum atomic E-state index is 10.9. The van der Waals surface area contributed by atoms with Gasteiger partial charge in [-0.1, -0.05) is 12.1 Å². The lowest BCUT2D eigenvalue weighted by Gasteiger charge is -2.32. The summed E-state index contributed by atoms with van der Waals surface area (Å²) in [7, 11) is 0. The molecule has 0 amide bonds. The van der Waals surface area contributed by atoms with E-state index in [1.165, 1.54) is 29.7 Å². The molecule has 1 fully saturated rings. The van der Waals surface area contributed by atoms with Crippen LogP contribution in [-0.2, 0) is 0 Å². The number of hydrogen-bond acceptors (Lipinski definition) is 3. The summed E-state index contributed by atoms with van der Waals surface area (Å²) < 4.78 is 0. The number of benzene rings is 1. The molecular formula is C20H22N3O+. The Bertz CT molecular complexity index is 829. The predicted molar refractivity (Wildman–Crippen MR) is 94.0 cm³/mol. The first kappa shape index (κ1) is 15.1.